The SMILES string of the molecule is CO[C@H](C)[C@H](NC(=O)C(CC(F)F)NC(=O)OCC1c2ccccc2-c2ccccc21)C(=O)O. The molecule has 2 aromatic carbocycles. The van der Waals surface area contributed by atoms with Gasteiger partial charge in [0.05, 0.1) is 6.10 Å². The monoisotopic (exact) mass is 476 g/mol. The van der Waals surface area contributed by atoms with Gasteiger partial charge < -0.3 is 25.2 Å². The minimum Gasteiger partial charge on any atom is -0.480 e. The quantitative estimate of drug-likeness (QED) is 0.486. The third-order valence-corrected chi connectivity index (χ3v) is 5.77. The van der Waals surface area contributed by atoms with Gasteiger partial charge in [-0.2, -0.15) is 0 Å². The maximum absolute atomic E-state index is 13.1. The lowest BCUT2D eigenvalue weighted by Crippen LogP contribution is -2.55. The molecule has 1 aliphatic rings. The van der Waals surface area contributed by atoms with Crippen molar-refractivity contribution in [1.29, 1.82) is 0 Å². The summed E-state index contributed by atoms with van der Waals surface area (Å²) in [7, 11) is 1.25. The fraction of sp³-hybridized carbons (Fsp3) is 0.375. The number of fused-ring (bicyclic) bond motifs is 3. The summed E-state index contributed by atoms with van der Waals surface area (Å²) in [6.45, 7) is 1.33. The molecule has 0 bridgehead atoms. The molecule has 1 aliphatic carbocycles. The molecule has 0 fully saturated rings. The van der Waals surface area contributed by atoms with Crippen LogP contribution < -0.4 is 10.6 Å². The molecule has 34 heavy (non-hydrogen) atoms. The van der Waals surface area contributed by atoms with E-state index >= 15 is 0 Å². The Bertz CT molecular complexity index is 1000. The number of amides is 2. The Balaban J connectivity index is 1.67. The Morgan fingerprint density at radius 3 is 2.06 bits per heavy atom. The zero-order valence-corrected chi connectivity index (χ0v) is 18.7. The van der Waals surface area contributed by atoms with Crippen LogP contribution in [0.15, 0.2) is 48.5 Å². The van der Waals surface area contributed by atoms with Crippen LogP contribution in [0.25, 0.3) is 11.1 Å². The van der Waals surface area contributed by atoms with Gasteiger partial charge in [-0.25, -0.2) is 18.4 Å². The lowest BCUT2D eigenvalue weighted by Gasteiger charge is -2.24. The maximum Gasteiger partial charge on any atom is 0.407 e. The summed E-state index contributed by atoms with van der Waals surface area (Å²) >= 11 is 0. The van der Waals surface area contributed by atoms with Crippen molar-refractivity contribution in [2.45, 2.75) is 43.9 Å². The number of rotatable bonds is 10. The summed E-state index contributed by atoms with van der Waals surface area (Å²) in [6.07, 6.45) is -5.92. The Labute approximate surface area is 195 Å². The van der Waals surface area contributed by atoms with Gasteiger partial charge in [0.1, 0.15) is 12.6 Å². The number of ether oxygens (including phenoxy) is 2. The Morgan fingerprint density at radius 2 is 1.56 bits per heavy atom. The van der Waals surface area contributed by atoms with Crippen molar-refractivity contribution in [2.24, 2.45) is 0 Å². The number of carboxylic acid groups (broad SMARTS) is 1. The lowest BCUT2D eigenvalue weighted by molar-refractivity contribution is -0.145. The molecule has 0 saturated heterocycles. The zero-order chi connectivity index (χ0) is 24.8. The number of hydrogen-bond donors (Lipinski definition) is 3. The van der Waals surface area contributed by atoms with Crippen molar-refractivity contribution in [3.63, 3.8) is 0 Å². The van der Waals surface area contributed by atoms with Crippen LogP contribution >= 0.6 is 0 Å². The van der Waals surface area contributed by atoms with E-state index in [0.717, 1.165) is 22.3 Å². The van der Waals surface area contributed by atoms with E-state index in [4.69, 9.17) is 9.47 Å². The molecule has 0 heterocycles. The number of carboxylic acids is 1. The van der Waals surface area contributed by atoms with Crippen LogP contribution in [0.2, 0.25) is 0 Å². The van der Waals surface area contributed by atoms with Crippen molar-refractivity contribution >= 4 is 18.0 Å². The zero-order valence-electron chi connectivity index (χ0n) is 18.7. The highest BCUT2D eigenvalue weighted by Crippen LogP contribution is 2.44. The molecule has 10 heteroatoms. The van der Waals surface area contributed by atoms with E-state index in [2.05, 4.69) is 10.6 Å². The largest absolute Gasteiger partial charge is 0.480 e. The molecule has 0 radical (unpaired) electrons. The summed E-state index contributed by atoms with van der Waals surface area (Å²) in [5, 5.41) is 13.5. The highest BCUT2D eigenvalue weighted by atomic mass is 19.3. The predicted octanol–water partition coefficient (Wildman–Crippen LogP) is 3.15. The smallest absolute Gasteiger partial charge is 0.407 e. The molecule has 0 spiro atoms. The molecule has 3 rings (SSSR count). The standard InChI is InChI=1S/C24H26F2N2O6/c1-13(33-2)21(23(30)31)28-22(29)19(11-20(25)26)27-24(32)34-12-18-16-9-5-3-7-14(16)15-8-4-6-10-17(15)18/h3-10,13,18-21H,11-12H2,1-2H3,(H,27,32)(H,28,29)(H,30,31)/t13-,19?,21+/m1/s1. The number of halogens is 2. The summed E-state index contributed by atoms with van der Waals surface area (Å²) in [5.74, 6) is -2.73. The molecule has 3 atom stereocenters. The number of alkyl carbamates (subject to hydrolysis) is 1. The minimum absolute atomic E-state index is 0.0681. The van der Waals surface area contributed by atoms with Gasteiger partial charge in [-0.1, -0.05) is 48.5 Å². The Kier molecular flexibility index (Phi) is 8.17. The van der Waals surface area contributed by atoms with Crippen LogP contribution in [0.5, 0.6) is 0 Å². The number of carbonyl (C=O) groups is 3. The minimum atomic E-state index is -2.92. The first-order chi connectivity index (χ1) is 16.2. The Morgan fingerprint density at radius 1 is 1.00 bits per heavy atom. The topological polar surface area (TPSA) is 114 Å². The van der Waals surface area contributed by atoms with Crippen molar-refractivity contribution in [3.05, 3.63) is 59.7 Å². The number of nitrogens with one attached hydrogen (secondary N) is 2. The van der Waals surface area contributed by atoms with E-state index < -0.39 is 49.0 Å². The fourth-order valence-electron chi connectivity index (χ4n) is 3.96. The van der Waals surface area contributed by atoms with Gasteiger partial charge in [0, 0.05) is 19.4 Å². The highest BCUT2D eigenvalue weighted by Gasteiger charge is 2.33. The first kappa shape index (κ1) is 25.1. The third-order valence-electron chi connectivity index (χ3n) is 5.77. The second kappa shape index (κ2) is 11.1. The van der Waals surface area contributed by atoms with Crippen molar-refractivity contribution in [2.75, 3.05) is 13.7 Å². The van der Waals surface area contributed by atoms with Gasteiger partial charge in [-0.15, -0.1) is 0 Å². The molecule has 0 saturated carbocycles. The molecule has 2 amide bonds. The first-order valence-corrected chi connectivity index (χ1v) is 10.7. The molecule has 2 aromatic rings. The predicted molar refractivity (Wildman–Crippen MR) is 119 cm³/mol. The third kappa shape index (κ3) is 5.69. The summed E-state index contributed by atoms with van der Waals surface area (Å²) in [6, 6.07) is 12.2. The molecule has 3 N–H and O–H groups in total. The average Bonchev–Trinajstić information content (AvgIpc) is 3.13. The van der Waals surface area contributed by atoms with Crippen LogP contribution in [0.4, 0.5) is 13.6 Å². The van der Waals surface area contributed by atoms with E-state index in [0.29, 0.717) is 0 Å². The van der Waals surface area contributed by atoms with Crippen molar-refractivity contribution in [1.82, 2.24) is 10.6 Å². The number of benzene rings is 2. The first-order valence-electron chi connectivity index (χ1n) is 10.7. The molecule has 0 aliphatic heterocycles. The number of hydrogen-bond acceptors (Lipinski definition) is 5. The van der Waals surface area contributed by atoms with Gasteiger partial charge in [0.25, 0.3) is 0 Å². The van der Waals surface area contributed by atoms with E-state index in [-0.39, 0.29) is 12.5 Å². The van der Waals surface area contributed by atoms with Gasteiger partial charge in [0.15, 0.2) is 6.04 Å². The molecule has 182 valence electrons. The van der Waals surface area contributed by atoms with Crippen LogP contribution in [-0.2, 0) is 19.1 Å². The van der Waals surface area contributed by atoms with Crippen molar-refractivity contribution in [3.8, 4) is 11.1 Å². The maximum atomic E-state index is 13.1. The second-order valence-electron chi connectivity index (χ2n) is 7.91. The average molecular weight is 476 g/mol. The molecular weight excluding hydrogens is 450 g/mol. The number of methoxy groups -OCH3 is 1. The van der Waals surface area contributed by atoms with Gasteiger partial charge in [0.2, 0.25) is 12.3 Å². The normalized spacial score (nSPS) is 15.1. The number of carbonyl (C=O) groups excluding carboxylic acids is 2. The van der Waals surface area contributed by atoms with E-state index in [1.54, 1.807) is 0 Å². The molecular formula is C24H26F2N2O6. The molecule has 1 unspecified atom stereocenters. The second-order valence-corrected chi connectivity index (χ2v) is 7.91. The van der Waals surface area contributed by atoms with Gasteiger partial charge in [-0.3, -0.25) is 4.79 Å². The van der Waals surface area contributed by atoms with Crippen LogP contribution in [0.3, 0.4) is 0 Å². The summed E-state index contributed by atoms with van der Waals surface area (Å²) in [5.41, 5.74) is 3.98. The Hall–Kier alpha value is -3.53. The van der Waals surface area contributed by atoms with Gasteiger partial charge >= 0.3 is 12.1 Å². The van der Waals surface area contributed by atoms with E-state index in [1.165, 1.54) is 14.0 Å². The van der Waals surface area contributed by atoms with Gasteiger partial charge in [-0.05, 0) is 29.2 Å². The summed E-state index contributed by atoms with van der Waals surface area (Å²) < 4.78 is 36.4. The highest BCUT2D eigenvalue weighted by molar-refractivity contribution is 5.89. The lowest BCUT2D eigenvalue weighted by atomic mass is 9.98. The summed E-state index contributed by atoms with van der Waals surface area (Å²) in [4.78, 5) is 36.3. The fourth-order valence-corrected chi connectivity index (χ4v) is 3.96. The van der Waals surface area contributed by atoms with Crippen molar-refractivity contribution < 1.29 is 37.7 Å². The van der Waals surface area contributed by atoms with Crippen LogP contribution in [0.1, 0.15) is 30.4 Å². The molecule has 0 aromatic heterocycles. The number of alkyl halides is 2. The molecule has 8 nitrogen and oxygen atoms in total. The van der Waals surface area contributed by atoms with E-state index in [9.17, 15) is 28.3 Å². The van der Waals surface area contributed by atoms with Crippen LogP contribution in [0, 0.1) is 0 Å². The number of aliphatic carboxylic acids is 1. The van der Waals surface area contributed by atoms with Crippen LogP contribution in [-0.4, -0.2) is 61.4 Å². The van der Waals surface area contributed by atoms with E-state index in [1.807, 2.05) is 48.5 Å².